The molecule has 1 atom stereocenters. The van der Waals surface area contributed by atoms with E-state index in [4.69, 9.17) is 5.73 Å². The Morgan fingerprint density at radius 3 is 3.13 bits per heavy atom. The van der Waals surface area contributed by atoms with Crippen molar-refractivity contribution in [2.24, 2.45) is 5.73 Å². The Morgan fingerprint density at radius 1 is 1.67 bits per heavy atom. The lowest BCUT2D eigenvalue weighted by Crippen LogP contribution is -2.37. The Morgan fingerprint density at radius 2 is 2.47 bits per heavy atom. The molecule has 0 saturated carbocycles. The van der Waals surface area contributed by atoms with Crippen molar-refractivity contribution < 1.29 is 4.79 Å². The van der Waals surface area contributed by atoms with E-state index in [2.05, 4.69) is 5.32 Å². The molecule has 1 amide bonds. The number of fused-ring (bicyclic) bond motifs is 1. The molecule has 4 heteroatoms. The van der Waals surface area contributed by atoms with E-state index in [-0.39, 0.29) is 11.9 Å². The van der Waals surface area contributed by atoms with Crippen LogP contribution in [0.1, 0.15) is 33.5 Å². The highest BCUT2D eigenvalue weighted by Gasteiger charge is 2.18. The van der Waals surface area contributed by atoms with Gasteiger partial charge in [0, 0.05) is 17.5 Å². The molecule has 15 heavy (non-hydrogen) atoms. The molecule has 82 valence electrons. The van der Waals surface area contributed by atoms with Gasteiger partial charge in [0.25, 0.3) is 5.91 Å². The van der Waals surface area contributed by atoms with E-state index < -0.39 is 0 Å². The van der Waals surface area contributed by atoms with Gasteiger partial charge in [0.2, 0.25) is 0 Å². The van der Waals surface area contributed by atoms with E-state index in [1.807, 2.05) is 13.0 Å². The molecule has 0 spiro atoms. The first-order chi connectivity index (χ1) is 7.20. The van der Waals surface area contributed by atoms with Crippen LogP contribution in [0.25, 0.3) is 0 Å². The van der Waals surface area contributed by atoms with E-state index in [1.165, 1.54) is 16.9 Å². The molecule has 1 aliphatic carbocycles. The zero-order chi connectivity index (χ0) is 10.8. The maximum atomic E-state index is 11.8. The number of nitrogens with two attached hydrogens (primary N) is 1. The van der Waals surface area contributed by atoms with Gasteiger partial charge in [0.05, 0.1) is 4.88 Å². The fourth-order valence-corrected chi connectivity index (χ4v) is 2.95. The van der Waals surface area contributed by atoms with Crippen molar-refractivity contribution in [3.63, 3.8) is 0 Å². The number of hydrogen-bond donors (Lipinski definition) is 2. The van der Waals surface area contributed by atoms with Crippen LogP contribution in [-0.4, -0.2) is 18.5 Å². The third-order valence-electron chi connectivity index (χ3n) is 2.70. The Labute approximate surface area is 93.7 Å². The van der Waals surface area contributed by atoms with Gasteiger partial charge in [-0.1, -0.05) is 0 Å². The largest absolute Gasteiger partial charge is 0.348 e. The molecule has 1 aromatic rings. The van der Waals surface area contributed by atoms with Crippen LogP contribution in [0.4, 0.5) is 0 Å². The van der Waals surface area contributed by atoms with Crippen LogP contribution in [0, 0.1) is 0 Å². The summed E-state index contributed by atoms with van der Waals surface area (Å²) in [6.07, 6.45) is 3.51. The summed E-state index contributed by atoms with van der Waals surface area (Å²) in [6, 6.07) is 2.08. The maximum absolute atomic E-state index is 11.8. The van der Waals surface area contributed by atoms with Gasteiger partial charge in [-0.05, 0) is 37.8 Å². The summed E-state index contributed by atoms with van der Waals surface area (Å²) < 4.78 is 0. The summed E-state index contributed by atoms with van der Waals surface area (Å²) >= 11 is 1.63. The van der Waals surface area contributed by atoms with Crippen LogP contribution in [0.5, 0.6) is 0 Å². The van der Waals surface area contributed by atoms with Crippen molar-refractivity contribution in [2.45, 2.75) is 32.2 Å². The van der Waals surface area contributed by atoms with Crippen LogP contribution >= 0.6 is 11.3 Å². The fourth-order valence-electron chi connectivity index (χ4n) is 1.79. The molecule has 0 saturated heterocycles. The first-order valence-electron chi connectivity index (χ1n) is 5.33. The van der Waals surface area contributed by atoms with Crippen molar-refractivity contribution in [1.82, 2.24) is 5.32 Å². The highest BCUT2D eigenvalue weighted by molar-refractivity contribution is 7.14. The minimum atomic E-state index is 0.0207. The molecule has 0 aliphatic heterocycles. The summed E-state index contributed by atoms with van der Waals surface area (Å²) in [5.74, 6) is 0.0207. The Balaban J connectivity index is 2.06. The minimum absolute atomic E-state index is 0.0207. The molecule has 1 heterocycles. The molecule has 0 fully saturated rings. The molecule has 0 radical (unpaired) electrons. The second-order valence-corrected chi connectivity index (χ2v) is 5.16. The van der Waals surface area contributed by atoms with Crippen molar-refractivity contribution in [3.8, 4) is 0 Å². The Bertz CT molecular complexity index is 351. The zero-order valence-corrected chi connectivity index (χ0v) is 9.69. The first-order valence-corrected chi connectivity index (χ1v) is 6.15. The summed E-state index contributed by atoms with van der Waals surface area (Å²) in [7, 11) is 0. The Hall–Kier alpha value is -0.870. The number of nitrogens with one attached hydrogen (secondary N) is 1. The smallest absolute Gasteiger partial charge is 0.261 e. The van der Waals surface area contributed by atoms with Gasteiger partial charge in [-0.2, -0.15) is 0 Å². The monoisotopic (exact) mass is 224 g/mol. The molecule has 1 aliphatic rings. The van der Waals surface area contributed by atoms with E-state index in [0.29, 0.717) is 6.54 Å². The molecule has 0 unspecified atom stereocenters. The lowest BCUT2D eigenvalue weighted by Gasteiger charge is -2.09. The van der Waals surface area contributed by atoms with E-state index in [9.17, 15) is 4.79 Å². The van der Waals surface area contributed by atoms with E-state index in [0.717, 1.165) is 17.7 Å². The molecular weight excluding hydrogens is 208 g/mol. The molecular formula is C11H16N2OS. The van der Waals surface area contributed by atoms with Gasteiger partial charge in [-0.3, -0.25) is 4.79 Å². The van der Waals surface area contributed by atoms with Crippen LogP contribution in [0.3, 0.4) is 0 Å². The number of thiophene rings is 1. The SMILES string of the molecule is C[C@@H](CN)NC(=O)c1cc2c(s1)CCC2. The molecule has 3 N–H and O–H groups in total. The average Bonchev–Trinajstić information content (AvgIpc) is 2.76. The van der Waals surface area contributed by atoms with Crippen LogP contribution in [0.2, 0.25) is 0 Å². The van der Waals surface area contributed by atoms with Crippen molar-refractivity contribution >= 4 is 17.2 Å². The quantitative estimate of drug-likeness (QED) is 0.813. The van der Waals surface area contributed by atoms with E-state index >= 15 is 0 Å². The molecule has 2 rings (SSSR count). The molecule has 3 nitrogen and oxygen atoms in total. The van der Waals surface area contributed by atoms with Crippen LogP contribution in [-0.2, 0) is 12.8 Å². The summed E-state index contributed by atoms with van der Waals surface area (Å²) in [5, 5.41) is 2.88. The standard InChI is InChI=1S/C11H16N2OS/c1-7(6-12)13-11(14)10-5-8-3-2-4-9(8)15-10/h5,7H,2-4,6,12H2,1H3,(H,13,14)/t7-/m0/s1. The third kappa shape index (κ3) is 2.21. The second kappa shape index (κ2) is 4.33. The fraction of sp³-hybridized carbons (Fsp3) is 0.545. The van der Waals surface area contributed by atoms with Gasteiger partial charge in [-0.25, -0.2) is 0 Å². The predicted octanol–water partition coefficient (Wildman–Crippen LogP) is 1.31. The highest BCUT2D eigenvalue weighted by atomic mass is 32.1. The van der Waals surface area contributed by atoms with Gasteiger partial charge >= 0.3 is 0 Å². The number of carbonyl (C=O) groups is 1. The number of hydrogen-bond acceptors (Lipinski definition) is 3. The third-order valence-corrected chi connectivity index (χ3v) is 3.94. The normalized spacial score (nSPS) is 16.1. The van der Waals surface area contributed by atoms with Crippen molar-refractivity contribution in [2.75, 3.05) is 6.54 Å². The summed E-state index contributed by atoms with van der Waals surface area (Å²) in [5.41, 5.74) is 6.83. The first kappa shape index (κ1) is 10.6. The summed E-state index contributed by atoms with van der Waals surface area (Å²) in [4.78, 5) is 14.0. The second-order valence-electron chi connectivity index (χ2n) is 4.02. The summed E-state index contributed by atoms with van der Waals surface area (Å²) in [6.45, 7) is 2.40. The average molecular weight is 224 g/mol. The Kier molecular flexibility index (Phi) is 3.07. The molecule has 1 aromatic heterocycles. The van der Waals surface area contributed by atoms with Crippen LogP contribution < -0.4 is 11.1 Å². The number of amides is 1. The number of rotatable bonds is 3. The lowest BCUT2D eigenvalue weighted by atomic mass is 10.2. The zero-order valence-electron chi connectivity index (χ0n) is 8.88. The van der Waals surface area contributed by atoms with Gasteiger partial charge in [-0.15, -0.1) is 11.3 Å². The molecule has 0 bridgehead atoms. The molecule has 0 aromatic carbocycles. The van der Waals surface area contributed by atoms with Crippen LogP contribution in [0.15, 0.2) is 6.07 Å². The lowest BCUT2D eigenvalue weighted by molar-refractivity contribution is 0.0945. The van der Waals surface area contributed by atoms with Crippen molar-refractivity contribution in [3.05, 3.63) is 21.4 Å². The maximum Gasteiger partial charge on any atom is 0.261 e. The predicted molar refractivity (Wildman–Crippen MR) is 62.3 cm³/mol. The number of carbonyl (C=O) groups excluding carboxylic acids is 1. The highest BCUT2D eigenvalue weighted by Crippen LogP contribution is 2.30. The minimum Gasteiger partial charge on any atom is -0.348 e. The number of aryl methyl sites for hydroxylation is 2. The van der Waals surface area contributed by atoms with Gasteiger partial charge in [0.1, 0.15) is 0 Å². The topological polar surface area (TPSA) is 55.1 Å². The van der Waals surface area contributed by atoms with Gasteiger partial charge in [0.15, 0.2) is 0 Å². The van der Waals surface area contributed by atoms with Crippen molar-refractivity contribution in [1.29, 1.82) is 0 Å². The van der Waals surface area contributed by atoms with Gasteiger partial charge < -0.3 is 11.1 Å². The van der Waals surface area contributed by atoms with E-state index in [1.54, 1.807) is 11.3 Å².